The summed E-state index contributed by atoms with van der Waals surface area (Å²) < 4.78 is 1.69. The molecule has 0 aliphatic carbocycles. The molecule has 3 aromatic carbocycles. The van der Waals surface area contributed by atoms with Gasteiger partial charge in [0.25, 0.3) is 5.91 Å². The lowest BCUT2D eigenvalue weighted by Gasteiger charge is -2.09. The van der Waals surface area contributed by atoms with Gasteiger partial charge in [0, 0.05) is 26.9 Å². The molecule has 0 bridgehead atoms. The first-order valence-corrected chi connectivity index (χ1v) is 9.81. The van der Waals surface area contributed by atoms with Gasteiger partial charge in [0.2, 0.25) is 0 Å². The third-order valence-electron chi connectivity index (χ3n) is 4.89. The standard InChI is InChI=1S/C23H16ClN5O/c24-17-12-10-15(11-13-17)21-18-8-4-5-9-19(18)22-27-26-20(29(22)28-21)14-25-23(30)16-6-2-1-3-7-16/h1-13H,14H2,(H,25,30). The first-order valence-electron chi connectivity index (χ1n) is 9.43. The maximum absolute atomic E-state index is 12.4. The van der Waals surface area contributed by atoms with Crippen LogP contribution in [0.1, 0.15) is 16.2 Å². The second-order valence-electron chi connectivity index (χ2n) is 6.80. The Morgan fingerprint density at radius 1 is 0.867 bits per heavy atom. The number of nitrogens with one attached hydrogen (secondary N) is 1. The molecule has 0 unspecified atom stereocenters. The first-order chi connectivity index (χ1) is 14.7. The molecule has 0 saturated heterocycles. The normalized spacial score (nSPS) is 11.1. The highest BCUT2D eigenvalue weighted by Crippen LogP contribution is 2.29. The Morgan fingerprint density at radius 2 is 1.57 bits per heavy atom. The van der Waals surface area contributed by atoms with Gasteiger partial charge >= 0.3 is 0 Å². The number of nitrogens with zero attached hydrogens (tertiary/aromatic N) is 4. The third-order valence-corrected chi connectivity index (χ3v) is 5.14. The van der Waals surface area contributed by atoms with Gasteiger partial charge in [-0.2, -0.15) is 9.61 Å². The topological polar surface area (TPSA) is 72.2 Å². The van der Waals surface area contributed by atoms with E-state index in [1.165, 1.54) is 0 Å². The molecule has 1 N–H and O–H groups in total. The molecule has 2 heterocycles. The lowest BCUT2D eigenvalue weighted by molar-refractivity contribution is 0.0949. The molecular formula is C23H16ClN5O. The number of benzene rings is 3. The van der Waals surface area contributed by atoms with Crippen LogP contribution >= 0.6 is 11.6 Å². The van der Waals surface area contributed by atoms with E-state index in [4.69, 9.17) is 16.7 Å². The van der Waals surface area contributed by atoms with Gasteiger partial charge in [-0.05, 0) is 24.3 Å². The van der Waals surface area contributed by atoms with E-state index in [1.807, 2.05) is 66.7 Å². The summed E-state index contributed by atoms with van der Waals surface area (Å²) in [6.07, 6.45) is 0. The van der Waals surface area contributed by atoms with E-state index in [1.54, 1.807) is 16.6 Å². The van der Waals surface area contributed by atoms with E-state index < -0.39 is 0 Å². The Kier molecular flexibility index (Phi) is 4.61. The quantitative estimate of drug-likeness (QED) is 0.470. The lowest BCUT2D eigenvalue weighted by Crippen LogP contribution is -2.24. The van der Waals surface area contributed by atoms with Crippen molar-refractivity contribution in [2.45, 2.75) is 6.54 Å². The van der Waals surface area contributed by atoms with Gasteiger partial charge in [-0.3, -0.25) is 4.79 Å². The molecule has 5 rings (SSSR count). The second kappa shape index (κ2) is 7.57. The van der Waals surface area contributed by atoms with Gasteiger partial charge in [-0.25, -0.2) is 0 Å². The monoisotopic (exact) mass is 413 g/mol. The van der Waals surface area contributed by atoms with Crippen LogP contribution in [0.15, 0.2) is 78.9 Å². The van der Waals surface area contributed by atoms with Crippen LogP contribution in [0.25, 0.3) is 27.7 Å². The highest BCUT2D eigenvalue weighted by molar-refractivity contribution is 6.30. The maximum Gasteiger partial charge on any atom is 0.251 e. The minimum absolute atomic E-state index is 0.175. The van der Waals surface area contributed by atoms with Crippen LogP contribution in [0.4, 0.5) is 0 Å². The van der Waals surface area contributed by atoms with Crippen molar-refractivity contribution in [3.63, 3.8) is 0 Å². The number of rotatable bonds is 4. The van der Waals surface area contributed by atoms with Crippen LogP contribution in [0.3, 0.4) is 0 Å². The number of hydrogen-bond acceptors (Lipinski definition) is 4. The fourth-order valence-electron chi connectivity index (χ4n) is 3.41. The largest absolute Gasteiger partial charge is 0.345 e. The molecular weight excluding hydrogens is 398 g/mol. The zero-order valence-electron chi connectivity index (χ0n) is 15.8. The molecule has 0 spiro atoms. The molecule has 30 heavy (non-hydrogen) atoms. The molecule has 1 amide bonds. The van der Waals surface area contributed by atoms with Gasteiger partial charge in [-0.1, -0.05) is 66.2 Å². The third kappa shape index (κ3) is 3.27. The molecule has 0 radical (unpaired) electrons. The molecule has 0 aliphatic rings. The van der Waals surface area contributed by atoms with Crippen molar-refractivity contribution < 1.29 is 4.79 Å². The van der Waals surface area contributed by atoms with Crippen molar-refractivity contribution in [2.75, 3.05) is 0 Å². The van der Waals surface area contributed by atoms with E-state index in [0.717, 1.165) is 22.0 Å². The molecule has 0 saturated carbocycles. The van der Waals surface area contributed by atoms with Gasteiger partial charge in [0.15, 0.2) is 11.5 Å². The van der Waals surface area contributed by atoms with Crippen LogP contribution in [0, 0.1) is 0 Å². The van der Waals surface area contributed by atoms with Crippen molar-refractivity contribution in [1.29, 1.82) is 0 Å². The van der Waals surface area contributed by atoms with Gasteiger partial charge in [0.05, 0.1) is 12.2 Å². The van der Waals surface area contributed by atoms with Crippen molar-refractivity contribution in [3.05, 3.63) is 95.3 Å². The summed E-state index contributed by atoms with van der Waals surface area (Å²) in [5.41, 5.74) is 2.97. The molecule has 7 heteroatoms. The average Bonchev–Trinajstić information content (AvgIpc) is 3.21. The van der Waals surface area contributed by atoms with Gasteiger partial charge < -0.3 is 5.32 Å². The summed E-state index contributed by atoms with van der Waals surface area (Å²) in [5.74, 6) is 0.376. The van der Waals surface area contributed by atoms with Crippen molar-refractivity contribution in [3.8, 4) is 11.3 Å². The molecule has 6 nitrogen and oxygen atoms in total. The fraction of sp³-hybridized carbons (Fsp3) is 0.0435. The van der Waals surface area contributed by atoms with Crippen molar-refractivity contribution in [2.24, 2.45) is 0 Å². The molecule has 2 aromatic heterocycles. The highest BCUT2D eigenvalue weighted by Gasteiger charge is 2.16. The Hall–Kier alpha value is -3.77. The summed E-state index contributed by atoms with van der Waals surface area (Å²) in [5, 5.41) is 18.9. The highest BCUT2D eigenvalue weighted by atomic mass is 35.5. The van der Waals surface area contributed by atoms with E-state index in [9.17, 15) is 4.79 Å². The lowest BCUT2D eigenvalue weighted by atomic mass is 10.1. The Balaban J connectivity index is 1.58. The SMILES string of the molecule is O=C(NCc1nnc2c3ccccc3c(-c3ccc(Cl)cc3)nn12)c1ccccc1. The predicted molar refractivity (Wildman–Crippen MR) is 116 cm³/mol. The summed E-state index contributed by atoms with van der Waals surface area (Å²) in [4.78, 5) is 12.4. The predicted octanol–water partition coefficient (Wildman–Crippen LogP) is 4.53. The average molecular weight is 414 g/mol. The summed E-state index contributed by atoms with van der Waals surface area (Å²) in [6, 6.07) is 24.5. The summed E-state index contributed by atoms with van der Waals surface area (Å²) >= 11 is 6.06. The van der Waals surface area contributed by atoms with Crippen molar-refractivity contribution >= 4 is 33.9 Å². The van der Waals surface area contributed by atoms with Crippen LogP contribution in [0.2, 0.25) is 5.02 Å². The smallest absolute Gasteiger partial charge is 0.251 e. The summed E-state index contributed by atoms with van der Waals surface area (Å²) in [6.45, 7) is 0.209. The second-order valence-corrected chi connectivity index (χ2v) is 7.24. The van der Waals surface area contributed by atoms with E-state index in [-0.39, 0.29) is 12.5 Å². The van der Waals surface area contributed by atoms with E-state index in [2.05, 4.69) is 15.5 Å². The number of fused-ring (bicyclic) bond motifs is 3. The number of hydrogen-bond donors (Lipinski definition) is 1. The number of aromatic nitrogens is 4. The molecule has 0 atom stereocenters. The van der Waals surface area contributed by atoms with Gasteiger partial charge in [0.1, 0.15) is 0 Å². The number of carbonyl (C=O) groups excluding carboxylic acids is 1. The van der Waals surface area contributed by atoms with Crippen molar-refractivity contribution in [1.82, 2.24) is 25.1 Å². The number of carbonyl (C=O) groups is 1. The minimum atomic E-state index is -0.175. The molecule has 0 aliphatic heterocycles. The zero-order chi connectivity index (χ0) is 20.5. The Morgan fingerprint density at radius 3 is 2.33 bits per heavy atom. The zero-order valence-corrected chi connectivity index (χ0v) is 16.5. The van der Waals surface area contributed by atoms with Crippen LogP contribution in [-0.2, 0) is 6.54 Å². The molecule has 5 aromatic rings. The maximum atomic E-state index is 12.4. The number of amides is 1. The minimum Gasteiger partial charge on any atom is -0.345 e. The fourth-order valence-corrected chi connectivity index (χ4v) is 3.53. The Labute approximate surface area is 177 Å². The van der Waals surface area contributed by atoms with E-state index in [0.29, 0.717) is 22.1 Å². The number of halogens is 1. The van der Waals surface area contributed by atoms with Gasteiger partial charge in [-0.15, -0.1) is 10.2 Å². The summed E-state index contributed by atoms with van der Waals surface area (Å²) in [7, 11) is 0. The first kappa shape index (κ1) is 18.3. The Bertz CT molecular complexity index is 1360. The van der Waals surface area contributed by atoms with E-state index >= 15 is 0 Å². The molecule has 146 valence electrons. The molecule has 0 fully saturated rings. The van der Waals surface area contributed by atoms with Crippen LogP contribution in [-0.4, -0.2) is 25.7 Å². The van der Waals surface area contributed by atoms with Crippen LogP contribution < -0.4 is 5.32 Å². The van der Waals surface area contributed by atoms with Crippen LogP contribution in [0.5, 0.6) is 0 Å².